The standard InChI is InChI=1S/C21H18O4/c22-18(14-16-6-4-5-15(13-16)9-12-21(23)24)20-11-10-19(25-20)17-7-2-1-3-8-17/h1-13,18,22H,14H2,(H,23,24). The van der Waals surface area contributed by atoms with Gasteiger partial charge < -0.3 is 14.6 Å². The van der Waals surface area contributed by atoms with Gasteiger partial charge in [0.2, 0.25) is 0 Å². The summed E-state index contributed by atoms with van der Waals surface area (Å²) in [6.07, 6.45) is 2.24. The first-order valence-corrected chi connectivity index (χ1v) is 7.95. The van der Waals surface area contributed by atoms with Crippen LogP contribution in [0.5, 0.6) is 0 Å². The number of hydrogen-bond donors (Lipinski definition) is 2. The normalized spacial score (nSPS) is 12.4. The van der Waals surface area contributed by atoms with Crippen molar-refractivity contribution in [3.8, 4) is 11.3 Å². The number of carboxylic acid groups (broad SMARTS) is 1. The number of aliphatic hydroxyl groups excluding tert-OH is 1. The summed E-state index contributed by atoms with van der Waals surface area (Å²) in [7, 11) is 0. The van der Waals surface area contributed by atoms with E-state index in [0.717, 1.165) is 22.8 Å². The third kappa shape index (κ3) is 4.46. The zero-order valence-corrected chi connectivity index (χ0v) is 13.5. The number of carbonyl (C=O) groups is 1. The van der Waals surface area contributed by atoms with E-state index in [2.05, 4.69) is 0 Å². The van der Waals surface area contributed by atoms with Gasteiger partial charge in [-0.05, 0) is 29.3 Å². The Balaban J connectivity index is 1.72. The van der Waals surface area contributed by atoms with Crippen molar-refractivity contribution in [2.24, 2.45) is 0 Å². The fourth-order valence-corrected chi connectivity index (χ4v) is 2.60. The van der Waals surface area contributed by atoms with E-state index in [4.69, 9.17) is 9.52 Å². The third-order valence-corrected chi connectivity index (χ3v) is 3.81. The van der Waals surface area contributed by atoms with E-state index in [1.165, 1.54) is 6.08 Å². The molecule has 4 nitrogen and oxygen atoms in total. The van der Waals surface area contributed by atoms with Crippen LogP contribution in [0.25, 0.3) is 17.4 Å². The van der Waals surface area contributed by atoms with E-state index < -0.39 is 12.1 Å². The van der Waals surface area contributed by atoms with Crippen LogP contribution in [-0.2, 0) is 11.2 Å². The van der Waals surface area contributed by atoms with Crippen LogP contribution in [0.4, 0.5) is 0 Å². The molecule has 4 heteroatoms. The molecule has 0 fully saturated rings. The van der Waals surface area contributed by atoms with E-state index in [9.17, 15) is 9.90 Å². The largest absolute Gasteiger partial charge is 0.478 e. The Morgan fingerprint density at radius 2 is 1.84 bits per heavy atom. The molecule has 1 atom stereocenters. The summed E-state index contributed by atoms with van der Waals surface area (Å²) < 4.78 is 5.77. The van der Waals surface area contributed by atoms with Gasteiger partial charge in [-0.1, -0.05) is 54.6 Å². The van der Waals surface area contributed by atoms with Crippen LogP contribution in [0.3, 0.4) is 0 Å². The van der Waals surface area contributed by atoms with E-state index in [1.54, 1.807) is 6.07 Å². The second-order valence-electron chi connectivity index (χ2n) is 5.70. The molecule has 1 heterocycles. The van der Waals surface area contributed by atoms with Gasteiger partial charge in [0.1, 0.15) is 17.6 Å². The lowest BCUT2D eigenvalue weighted by atomic mass is 10.0. The molecule has 1 aromatic heterocycles. The lowest BCUT2D eigenvalue weighted by molar-refractivity contribution is -0.131. The Kier molecular flexibility index (Phi) is 5.11. The van der Waals surface area contributed by atoms with Gasteiger partial charge in [-0.15, -0.1) is 0 Å². The maximum absolute atomic E-state index is 10.6. The highest BCUT2D eigenvalue weighted by Gasteiger charge is 2.14. The molecule has 0 radical (unpaired) electrons. The molecule has 25 heavy (non-hydrogen) atoms. The first-order valence-electron chi connectivity index (χ1n) is 7.95. The molecule has 0 aliphatic rings. The highest BCUT2D eigenvalue weighted by Crippen LogP contribution is 2.27. The molecule has 2 aromatic carbocycles. The van der Waals surface area contributed by atoms with Crippen molar-refractivity contribution >= 4 is 12.0 Å². The second-order valence-corrected chi connectivity index (χ2v) is 5.70. The number of aliphatic carboxylic acids is 1. The lowest BCUT2D eigenvalue weighted by Gasteiger charge is -2.08. The molecular formula is C21H18O4. The predicted molar refractivity (Wildman–Crippen MR) is 95.9 cm³/mol. The van der Waals surface area contributed by atoms with Crippen LogP contribution in [0.1, 0.15) is 23.0 Å². The van der Waals surface area contributed by atoms with Crippen molar-refractivity contribution in [3.05, 3.63) is 89.7 Å². The maximum atomic E-state index is 10.6. The van der Waals surface area contributed by atoms with Gasteiger partial charge in [0.15, 0.2) is 0 Å². The summed E-state index contributed by atoms with van der Waals surface area (Å²) in [6, 6.07) is 20.7. The van der Waals surface area contributed by atoms with Gasteiger partial charge in [0.05, 0.1) is 0 Å². The first kappa shape index (κ1) is 16.7. The smallest absolute Gasteiger partial charge is 0.328 e. The van der Waals surface area contributed by atoms with Crippen LogP contribution in [0.2, 0.25) is 0 Å². The predicted octanol–water partition coefficient (Wildman–Crippen LogP) is 4.32. The van der Waals surface area contributed by atoms with Crippen LogP contribution >= 0.6 is 0 Å². The Morgan fingerprint density at radius 1 is 1.04 bits per heavy atom. The van der Waals surface area contributed by atoms with E-state index in [1.807, 2.05) is 60.7 Å². The fraction of sp³-hybridized carbons (Fsp3) is 0.0952. The monoisotopic (exact) mass is 334 g/mol. The van der Waals surface area contributed by atoms with E-state index >= 15 is 0 Å². The average molecular weight is 334 g/mol. The van der Waals surface area contributed by atoms with Gasteiger partial charge in [-0.3, -0.25) is 0 Å². The summed E-state index contributed by atoms with van der Waals surface area (Å²) in [5.41, 5.74) is 2.64. The first-order chi connectivity index (χ1) is 12.1. The molecule has 2 N–H and O–H groups in total. The van der Waals surface area contributed by atoms with Crippen molar-refractivity contribution in [2.75, 3.05) is 0 Å². The quantitative estimate of drug-likeness (QED) is 0.659. The van der Waals surface area contributed by atoms with E-state index in [-0.39, 0.29) is 0 Å². The van der Waals surface area contributed by atoms with Crippen molar-refractivity contribution in [1.82, 2.24) is 0 Å². The zero-order valence-electron chi connectivity index (χ0n) is 13.5. The summed E-state index contributed by atoms with van der Waals surface area (Å²) in [5, 5.41) is 19.1. The fourth-order valence-electron chi connectivity index (χ4n) is 2.60. The zero-order chi connectivity index (χ0) is 17.6. The molecule has 0 saturated carbocycles. The number of hydrogen-bond acceptors (Lipinski definition) is 3. The summed E-state index contributed by atoms with van der Waals surface area (Å²) >= 11 is 0. The van der Waals surface area contributed by atoms with Crippen molar-refractivity contribution in [2.45, 2.75) is 12.5 Å². The second kappa shape index (κ2) is 7.64. The van der Waals surface area contributed by atoms with Crippen molar-refractivity contribution < 1.29 is 19.4 Å². The van der Waals surface area contributed by atoms with Crippen LogP contribution in [0, 0.1) is 0 Å². The Hall–Kier alpha value is -3.11. The Morgan fingerprint density at radius 3 is 2.60 bits per heavy atom. The molecule has 0 saturated heterocycles. The number of carboxylic acids is 1. The topological polar surface area (TPSA) is 70.7 Å². The minimum Gasteiger partial charge on any atom is -0.478 e. The molecule has 0 aliphatic heterocycles. The molecule has 1 unspecified atom stereocenters. The van der Waals surface area contributed by atoms with Crippen LogP contribution in [-0.4, -0.2) is 16.2 Å². The van der Waals surface area contributed by atoms with Crippen molar-refractivity contribution in [1.29, 1.82) is 0 Å². The Labute approximate surface area is 145 Å². The van der Waals surface area contributed by atoms with Gasteiger partial charge in [-0.25, -0.2) is 4.79 Å². The third-order valence-electron chi connectivity index (χ3n) is 3.81. The Bertz CT molecular complexity index is 878. The molecule has 0 bridgehead atoms. The maximum Gasteiger partial charge on any atom is 0.328 e. The molecular weight excluding hydrogens is 316 g/mol. The number of aliphatic hydroxyl groups is 1. The van der Waals surface area contributed by atoms with Gasteiger partial charge in [-0.2, -0.15) is 0 Å². The number of benzene rings is 2. The summed E-state index contributed by atoms with van der Waals surface area (Å²) in [6.45, 7) is 0. The molecule has 0 aliphatic carbocycles. The molecule has 0 spiro atoms. The number of rotatable bonds is 6. The van der Waals surface area contributed by atoms with Crippen LogP contribution in [0.15, 0.2) is 77.2 Å². The van der Waals surface area contributed by atoms with Gasteiger partial charge in [0.25, 0.3) is 0 Å². The average Bonchev–Trinajstić information content (AvgIpc) is 3.11. The minimum absolute atomic E-state index is 0.385. The highest BCUT2D eigenvalue weighted by atomic mass is 16.4. The minimum atomic E-state index is -0.991. The molecule has 126 valence electrons. The highest BCUT2D eigenvalue weighted by molar-refractivity contribution is 5.85. The van der Waals surface area contributed by atoms with Gasteiger partial charge in [0, 0.05) is 18.1 Å². The molecule has 0 amide bonds. The van der Waals surface area contributed by atoms with E-state index in [0.29, 0.717) is 17.9 Å². The van der Waals surface area contributed by atoms with Crippen molar-refractivity contribution in [3.63, 3.8) is 0 Å². The SMILES string of the molecule is O=C(O)C=Cc1cccc(CC(O)c2ccc(-c3ccccc3)o2)c1. The molecule has 3 aromatic rings. The molecule has 3 rings (SSSR count). The summed E-state index contributed by atoms with van der Waals surface area (Å²) in [4.78, 5) is 10.6. The summed E-state index contributed by atoms with van der Waals surface area (Å²) in [5.74, 6) is 0.229. The lowest BCUT2D eigenvalue weighted by Crippen LogP contribution is -2.00. The number of furan rings is 1. The van der Waals surface area contributed by atoms with Gasteiger partial charge >= 0.3 is 5.97 Å². The van der Waals surface area contributed by atoms with Crippen LogP contribution < -0.4 is 0 Å².